The van der Waals surface area contributed by atoms with Crippen molar-refractivity contribution in [2.45, 2.75) is 39.9 Å². The SMILES string of the molecule is Cc1cc(C)n(C(=O)[C@@H](C)n2nc(C(F)(F)F)cc2C)n1. The van der Waals surface area contributed by atoms with Crippen LogP contribution in [0, 0.1) is 20.8 Å². The number of aryl methyl sites for hydroxylation is 3. The van der Waals surface area contributed by atoms with E-state index in [0.717, 1.165) is 10.7 Å². The highest BCUT2D eigenvalue weighted by molar-refractivity contribution is 5.82. The number of nitrogens with zero attached hydrogens (tertiary/aromatic N) is 4. The van der Waals surface area contributed by atoms with Crippen molar-refractivity contribution in [1.82, 2.24) is 19.6 Å². The second-order valence-corrected chi connectivity index (χ2v) is 4.97. The average molecular weight is 300 g/mol. The lowest BCUT2D eigenvalue weighted by atomic mass is 10.3. The standard InChI is InChI=1S/C13H15F3N4O/c1-7-5-8(2)20(17-7)12(21)10(4)19-9(3)6-11(18-19)13(14,15)16/h5-6,10H,1-4H3/t10-/m1/s1. The molecule has 2 aromatic rings. The van der Waals surface area contributed by atoms with Gasteiger partial charge in [0.1, 0.15) is 6.04 Å². The lowest BCUT2D eigenvalue weighted by molar-refractivity contribution is -0.141. The lowest BCUT2D eigenvalue weighted by Crippen LogP contribution is -2.26. The molecule has 5 nitrogen and oxygen atoms in total. The number of carbonyl (C=O) groups is 1. The molecule has 21 heavy (non-hydrogen) atoms. The van der Waals surface area contributed by atoms with Crippen molar-refractivity contribution in [2.24, 2.45) is 0 Å². The maximum atomic E-state index is 12.7. The van der Waals surface area contributed by atoms with Crippen LogP contribution in [0.15, 0.2) is 12.1 Å². The Labute approximate surface area is 119 Å². The topological polar surface area (TPSA) is 52.7 Å². The fraction of sp³-hybridized carbons (Fsp3) is 0.462. The zero-order valence-electron chi connectivity index (χ0n) is 12.1. The van der Waals surface area contributed by atoms with Gasteiger partial charge in [0.25, 0.3) is 5.91 Å². The van der Waals surface area contributed by atoms with Gasteiger partial charge in [0, 0.05) is 11.4 Å². The average Bonchev–Trinajstić information content (AvgIpc) is 2.90. The molecule has 0 bridgehead atoms. The summed E-state index contributed by atoms with van der Waals surface area (Å²) in [6, 6.07) is 1.77. The highest BCUT2D eigenvalue weighted by atomic mass is 19.4. The number of alkyl halides is 3. The molecule has 0 unspecified atom stereocenters. The second-order valence-electron chi connectivity index (χ2n) is 4.97. The molecule has 2 rings (SSSR count). The number of hydrogen-bond donors (Lipinski definition) is 0. The molecule has 0 spiro atoms. The van der Waals surface area contributed by atoms with Gasteiger partial charge in [-0.15, -0.1) is 0 Å². The Kier molecular flexibility index (Phi) is 3.65. The Morgan fingerprint density at radius 3 is 2.19 bits per heavy atom. The van der Waals surface area contributed by atoms with E-state index in [-0.39, 0.29) is 5.69 Å². The van der Waals surface area contributed by atoms with Gasteiger partial charge in [-0.2, -0.15) is 23.4 Å². The Hall–Kier alpha value is -2.12. The van der Waals surface area contributed by atoms with Crippen molar-refractivity contribution in [3.8, 4) is 0 Å². The van der Waals surface area contributed by atoms with Crippen LogP contribution in [0.25, 0.3) is 0 Å². The smallest absolute Gasteiger partial charge is 0.270 e. The summed E-state index contributed by atoms with van der Waals surface area (Å²) in [5.41, 5.74) is 0.559. The Morgan fingerprint density at radius 1 is 1.14 bits per heavy atom. The summed E-state index contributed by atoms with van der Waals surface area (Å²) in [6.45, 7) is 6.43. The van der Waals surface area contributed by atoms with Crippen LogP contribution >= 0.6 is 0 Å². The lowest BCUT2D eigenvalue weighted by Gasteiger charge is -2.14. The van der Waals surface area contributed by atoms with Crippen molar-refractivity contribution < 1.29 is 18.0 Å². The fourth-order valence-corrected chi connectivity index (χ4v) is 2.15. The monoisotopic (exact) mass is 300 g/mol. The molecule has 2 aromatic heterocycles. The number of rotatable bonds is 2. The minimum absolute atomic E-state index is 0.268. The van der Waals surface area contributed by atoms with E-state index in [9.17, 15) is 18.0 Å². The molecule has 1 atom stereocenters. The van der Waals surface area contributed by atoms with E-state index in [4.69, 9.17) is 0 Å². The van der Waals surface area contributed by atoms with Gasteiger partial charge < -0.3 is 0 Å². The van der Waals surface area contributed by atoms with Crippen LogP contribution in [-0.2, 0) is 6.18 Å². The minimum atomic E-state index is -4.53. The maximum Gasteiger partial charge on any atom is 0.435 e. The second kappa shape index (κ2) is 5.01. The van der Waals surface area contributed by atoms with Crippen LogP contribution in [-0.4, -0.2) is 25.5 Å². The van der Waals surface area contributed by atoms with E-state index < -0.39 is 23.8 Å². The van der Waals surface area contributed by atoms with E-state index in [1.165, 1.54) is 18.5 Å². The molecule has 0 aliphatic carbocycles. The van der Waals surface area contributed by atoms with Gasteiger partial charge in [-0.05, 0) is 39.8 Å². The molecule has 2 heterocycles. The van der Waals surface area contributed by atoms with Crippen LogP contribution in [0.5, 0.6) is 0 Å². The first-order valence-electron chi connectivity index (χ1n) is 6.32. The molecular weight excluding hydrogens is 285 g/mol. The highest BCUT2D eigenvalue weighted by Gasteiger charge is 2.35. The molecule has 0 aromatic carbocycles. The van der Waals surface area contributed by atoms with Crippen molar-refractivity contribution in [3.63, 3.8) is 0 Å². The third kappa shape index (κ3) is 2.84. The quantitative estimate of drug-likeness (QED) is 0.857. The van der Waals surface area contributed by atoms with E-state index in [0.29, 0.717) is 11.4 Å². The molecule has 0 fully saturated rings. The summed E-state index contributed by atoms with van der Waals surface area (Å²) in [6.07, 6.45) is -4.53. The van der Waals surface area contributed by atoms with Crippen molar-refractivity contribution in [3.05, 3.63) is 34.9 Å². The van der Waals surface area contributed by atoms with Gasteiger partial charge in [-0.3, -0.25) is 9.48 Å². The Balaban J connectivity index is 2.36. The van der Waals surface area contributed by atoms with Crippen LogP contribution in [0.3, 0.4) is 0 Å². The summed E-state index contributed by atoms with van der Waals surface area (Å²) in [5, 5.41) is 7.54. The highest BCUT2D eigenvalue weighted by Crippen LogP contribution is 2.29. The number of hydrogen-bond acceptors (Lipinski definition) is 3. The van der Waals surface area contributed by atoms with Crippen molar-refractivity contribution in [1.29, 1.82) is 0 Å². The first-order valence-corrected chi connectivity index (χ1v) is 6.32. The van der Waals surface area contributed by atoms with Gasteiger partial charge in [0.15, 0.2) is 5.69 Å². The van der Waals surface area contributed by atoms with E-state index in [1.807, 2.05) is 0 Å². The van der Waals surface area contributed by atoms with Gasteiger partial charge in [-0.1, -0.05) is 0 Å². The first-order chi connectivity index (χ1) is 9.61. The van der Waals surface area contributed by atoms with Crippen LogP contribution in [0.4, 0.5) is 13.2 Å². The zero-order chi connectivity index (χ0) is 15.9. The van der Waals surface area contributed by atoms with Crippen molar-refractivity contribution in [2.75, 3.05) is 0 Å². The predicted octanol–water partition coefficient (Wildman–Crippen LogP) is 2.93. The van der Waals surface area contributed by atoms with Gasteiger partial charge in [-0.25, -0.2) is 4.68 Å². The number of halogens is 3. The molecular formula is C13H15F3N4O. The van der Waals surface area contributed by atoms with Gasteiger partial charge >= 0.3 is 6.18 Å². The van der Waals surface area contributed by atoms with Crippen LogP contribution < -0.4 is 0 Å². The van der Waals surface area contributed by atoms with E-state index in [2.05, 4.69) is 10.2 Å². The van der Waals surface area contributed by atoms with Crippen LogP contribution in [0.1, 0.15) is 40.5 Å². The third-order valence-corrected chi connectivity index (χ3v) is 3.16. The number of aromatic nitrogens is 4. The molecule has 0 saturated carbocycles. The molecule has 0 aliphatic rings. The van der Waals surface area contributed by atoms with Gasteiger partial charge in [0.2, 0.25) is 0 Å². The molecule has 0 N–H and O–H groups in total. The minimum Gasteiger partial charge on any atom is -0.270 e. The summed E-state index contributed by atoms with van der Waals surface area (Å²) < 4.78 is 40.2. The van der Waals surface area contributed by atoms with Gasteiger partial charge in [0.05, 0.1) is 5.69 Å². The van der Waals surface area contributed by atoms with Crippen molar-refractivity contribution >= 4 is 5.91 Å². The zero-order valence-corrected chi connectivity index (χ0v) is 12.1. The molecule has 0 amide bonds. The molecule has 114 valence electrons. The van der Waals surface area contributed by atoms with E-state index in [1.54, 1.807) is 19.9 Å². The fourth-order valence-electron chi connectivity index (χ4n) is 2.15. The summed E-state index contributed by atoms with van der Waals surface area (Å²) >= 11 is 0. The Bertz CT molecular complexity index is 684. The maximum absolute atomic E-state index is 12.7. The summed E-state index contributed by atoms with van der Waals surface area (Å²) in [7, 11) is 0. The number of carbonyl (C=O) groups excluding carboxylic acids is 1. The largest absolute Gasteiger partial charge is 0.435 e. The Morgan fingerprint density at radius 2 is 1.76 bits per heavy atom. The molecule has 0 radical (unpaired) electrons. The summed E-state index contributed by atoms with van der Waals surface area (Å²) in [4.78, 5) is 12.3. The van der Waals surface area contributed by atoms with E-state index >= 15 is 0 Å². The molecule has 0 saturated heterocycles. The first kappa shape index (κ1) is 15.3. The third-order valence-electron chi connectivity index (χ3n) is 3.16. The molecule has 8 heteroatoms. The predicted molar refractivity (Wildman–Crippen MR) is 69.0 cm³/mol. The normalized spacial score (nSPS) is 13.5. The molecule has 0 aliphatic heterocycles. The summed E-state index contributed by atoms with van der Waals surface area (Å²) in [5.74, 6) is -0.430. The van der Waals surface area contributed by atoms with Crippen LogP contribution in [0.2, 0.25) is 0 Å².